The predicted octanol–water partition coefficient (Wildman–Crippen LogP) is 1.24. The number of pyridine rings is 1. The lowest BCUT2D eigenvalue weighted by Gasteiger charge is -2.24. The van der Waals surface area contributed by atoms with Gasteiger partial charge in [-0.3, -0.25) is 4.98 Å². The predicted molar refractivity (Wildman–Crippen MR) is 81.6 cm³/mol. The van der Waals surface area contributed by atoms with E-state index in [1.54, 1.807) is 17.7 Å². The molecule has 0 amide bonds. The summed E-state index contributed by atoms with van der Waals surface area (Å²) < 4.78 is 19.8. The monoisotopic (exact) mass is 301 g/mol. The Morgan fingerprint density at radius 2 is 2.27 bits per heavy atom. The maximum Gasteiger partial charge on any atom is 0.141 e. The molecule has 22 heavy (non-hydrogen) atoms. The Balaban J connectivity index is 2.18. The van der Waals surface area contributed by atoms with Gasteiger partial charge in [-0.25, -0.2) is 4.39 Å². The molecular weight excluding hydrogens is 283 g/mol. The van der Waals surface area contributed by atoms with Crippen molar-refractivity contribution < 1.29 is 14.4 Å². The van der Waals surface area contributed by atoms with E-state index in [0.29, 0.717) is 18.9 Å². The summed E-state index contributed by atoms with van der Waals surface area (Å²) in [5, 5.41) is 9.14. The normalized spacial score (nSPS) is 17.1. The number of benzene rings is 1. The summed E-state index contributed by atoms with van der Waals surface area (Å²) in [6.45, 7) is 0.910. The summed E-state index contributed by atoms with van der Waals surface area (Å²) in [4.78, 5) is 4.24. The lowest BCUT2D eigenvalue weighted by molar-refractivity contribution is -0.539. The minimum atomic E-state index is -0.417. The Morgan fingerprint density at radius 1 is 1.45 bits per heavy atom. The van der Waals surface area contributed by atoms with E-state index >= 15 is 0 Å². The van der Waals surface area contributed by atoms with Gasteiger partial charge in [-0.05, 0) is 22.8 Å². The van der Waals surface area contributed by atoms with Crippen LogP contribution in [0.15, 0.2) is 24.5 Å². The SMILES string of the molecule is C[NH2+]c1cc(-c2cncc3c2COCC3N)cc(F)c1C=N. The van der Waals surface area contributed by atoms with Crippen LogP contribution in [0.25, 0.3) is 11.1 Å². The number of rotatable bonds is 3. The van der Waals surface area contributed by atoms with Gasteiger partial charge in [-0.1, -0.05) is 0 Å². The molecule has 1 aliphatic rings. The average molecular weight is 301 g/mol. The first-order valence-corrected chi connectivity index (χ1v) is 7.09. The highest BCUT2D eigenvalue weighted by molar-refractivity contribution is 5.86. The van der Waals surface area contributed by atoms with Crippen molar-refractivity contribution in [2.24, 2.45) is 5.73 Å². The van der Waals surface area contributed by atoms with Crippen LogP contribution in [-0.4, -0.2) is 24.9 Å². The fraction of sp³-hybridized carbons (Fsp3) is 0.250. The molecule has 0 fully saturated rings. The minimum Gasteiger partial charge on any atom is -0.375 e. The van der Waals surface area contributed by atoms with Crippen LogP contribution in [0, 0.1) is 11.2 Å². The number of aromatic nitrogens is 1. The van der Waals surface area contributed by atoms with Gasteiger partial charge in [0, 0.05) is 30.2 Å². The maximum atomic E-state index is 14.2. The molecule has 6 heteroatoms. The van der Waals surface area contributed by atoms with Crippen molar-refractivity contribution in [3.8, 4) is 11.1 Å². The summed E-state index contributed by atoms with van der Waals surface area (Å²) in [7, 11) is 1.82. The molecule has 1 aliphatic heterocycles. The molecule has 0 bridgehead atoms. The molecule has 0 saturated heterocycles. The molecule has 0 spiro atoms. The largest absolute Gasteiger partial charge is 0.375 e. The van der Waals surface area contributed by atoms with Crippen molar-refractivity contribution in [2.75, 3.05) is 13.7 Å². The van der Waals surface area contributed by atoms with Crippen LogP contribution in [0.5, 0.6) is 0 Å². The summed E-state index contributed by atoms with van der Waals surface area (Å²) in [6, 6.07) is 3.09. The van der Waals surface area contributed by atoms with Crippen LogP contribution in [-0.2, 0) is 11.3 Å². The second-order valence-electron chi connectivity index (χ2n) is 5.27. The molecule has 114 valence electrons. The first-order valence-electron chi connectivity index (χ1n) is 7.09. The van der Waals surface area contributed by atoms with Gasteiger partial charge in [-0.2, -0.15) is 0 Å². The van der Waals surface area contributed by atoms with Crippen molar-refractivity contribution in [3.05, 3.63) is 47.0 Å². The highest BCUT2D eigenvalue weighted by Crippen LogP contribution is 2.33. The van der Waals surface area contributed by atoms with E-state index in [4.69, 9.17) is 15.9 Å². The minimum absolute atomic E-state index is 0.209. The van der Waals surface area contributed by atoms with Gasteiger partial charge in [0.1, 0.15) is 11.5 Å². The van der Waals surface area contributed by atoms with Crippen molar-refractivity contribution in [3.63, 3.8) is 0 Å². The quantitative estimate of drug-likeness (QED) is 0.588. The Morgan fingerprint density at radius 3 is 3.00 bits per heavy atom. The van der Waals surface area contributed by atoms with Gasteiger partial charge in [-0.15, -0.1) is 0 Å². The van der Waals surface area contributed by atoms with E-state index in [1.165, 1.54) is 6.07 Å². The molecule has 1 aromatic heterocycles. The zero-order valence-corrected chi connectivity index (χ0v) is 12.3. The van der Waals surface area contributed by atoms with Crippen LogP contribution < -0.4 is 11.1 Å². The Kier molecular flexibility index (Phi) is 3.98. The molecule has 5 N–H and O–H groups in total. The number of halogens is 1. The second-order valence-corrected chi connectivity index (χ2v) is 5.27. The molecule has 1 atom stereocenters. The van der Waals surface area contributed by atoms with E-state index in [9.17, 15) is 4.39 Å². The van der Waals surface area contributed by atoms with Crippen molar-refractivity contribution in [1.82, 2.24) is 4.98 Å². The fourth-order valence-corrected chi connectivity index (χ4v) is 2.80. The molecule has 0 radical (unpaired) electrons. The Labute approximate surface area is 127 Å². The van der Waals surface area contributed by atoms with Crippen LogP contribution in [0.4, 0.5) is 10.1 Å². The summed E-state index contributed by atoms with van der Waals surface area (Å²) in [5.41, 5.74) is 10.5. The zero-order valence-electron chi connectivity index (χ0n) is 12.3. The summed E-state index contributed by atoms with van der Waals surface area (Å²) in [5.74, 6) is -0.417. The van der Waals surface area contributed by atoms with Gasteiger partial charge in [0.05, 0.1) is 31.9 Å². The third-order valence-electron chi connectivity index (χ3n) is 3.96. The van der Waals surface area contributed by atoms with Crippen LogP contribution in [0.1, 0.15) is 22.7 Å². The van der Waals surface area contributed by atoms with Gasteiger partial charge in [0.15, 0.2) is 0 Å². The third-order valence-corrected chi connectivity index (χ3v) is 3.96. The number of nitrogens with one attached hydrogen (secondary N) is 1. The number of fused-ring (bicyclic) bond motifs is 1. The average Bonchev–Trinajstić information content (AvgIpc) is 2.54. The lowest BCUT2D eigenvalue weighted by atomic mass is 9.93. The molecular formula is C16H18FN4O+. The molecule has 3 rings (SSSR count). The van der Waals surface area contributed by atoms with Crippen LogP contribution in [0.2, 0.25) is 0 Å². The van der Waals surface area contributed by atoms with Crippen molar-refractivity contribution in [2.45, 2.75) is 12.6 Å². The summed E-state index contributed by atoms with van der Waals surface area (Å²) >= 11 is 0. The first-order chi connectivity index (χ1) is 10.7. The second kappa shape index (κ2) is 5.92. The van der Waals surface area contributed by atoms with Crippen molar-refractivity contribution >= 4 is 11.9 Å². The smallest absolute Gasteiger partial charge is 0.141 e. The first kappa shape index (κ1) is 14.8. The standard InChI is InChI=1S/C16H17FN4O/c1-20-16-3-9(2-14(17)10(16)4-18)11-5-21-6-12-13(11)7-22-8-15(12)19/h2-6,15,18,20H,7-8,19H2,1H3/p+1. The van der Waals surface area contributed by atoms with E-state index < -0.39 is 5.82 Å². The number of nitrogens with two attached hydrogens (primary N) is 2. The molecule has 2 heterocycles. The molecule has 0 saturated carbocycles. The molecule has 0 aliphatic carbocycles. The highest BCUT2D eigenvalue weighted by atomic mass is 19.1. The number of quaternary nitrogens is 1. The third kappa shape index (κ3) is 2.41. The van der Waals surface area contributed by atoms with Gasteiger partial charge in [0.2, 0.25) is 0 Å². The molecule has 5 nitrogen and oxygen atoms in total. The van der Waals surface area contributed by atoms with Gasteiger partial charge < -0.3 is 21.2 Å². The lowest BCUT2D eigenvalue weighted by Crippen LogP contribution is -2.73. The van der Waals surface area contributed by atoms with E-state index in [2.05, 4.69) is 4.98 Å². The number of hydrogen-bond acceptors (Lipinski definition) is 4. The Hall–Kier alpha value is -2.15. The summed E-state index contributed by atoms with van der Waals surface area (Å²) in [6.07, 6.45) is 4.49. The number of ether oxygens (including phenoxy) is 1. The van der Waals surface area contributed by atoms with Gasteiger partial charge >= 0.3 is 0 Å². The van der Waals surface area contributed by atoms with E-state index in [1.807, 2.05) is 13.1 Å². The van der Waals surface area contributed by atoms with Crippen LogP contribution >= 0.6 is 0 Å². The number of nitrogens with zero attached hydrogens (tertiary/aromatic N) is 1. The zero-order chi connectivity index (χ0) is 15.7. The number of hydrogen-bond donors (Lipinski definition) is 3. The molecule has 1 aromatic carbocycles. The van der Waals surface area contributed by atoms with E-state index in [-0.39, 0.29) is 11.6 Å². The van der Waals surface area contributed by atoms with Crippen molar-refractivity contribution in [1.29, 1.82) is 5.41 Å². The topological polar surface area (TPSA) is 88.6 Å². The van der Waals surface area contributed by atoms with E-state index in [0.717, 1.165) is 28.5 Å². The van der Waals surface area contributed by atoms with Gasteiger partial charge in [0.25, 0.3) is 0 Å². The maximum absolute atomic E-state index is 14.2. The van der Waals surface area contributed by atoms with Crippen LogP contribution in [0.3, 0.4) is 0 Å². The molecule has 1 unspecified atom stereocenters. The molecule has 2 aromatic rings. The fourth-order valence-electron chi connectivity index (χ4n) is 2.80. The highest BCUT2D eigenvalue weighted by Gasteiger charge is 2.22. The Bertz CT molecular complexity index is 732.